The molecule has 0 aromatic heterocycles. The van der Waals surface area contributed by atoms with Gasteiger partial charge in [-0.1, -0.05) is 29.8 Å². The second kappa shape index (κ2) is 10.2. The smallest absolute Gasteiger partial charge is 0.191 e. The maximum Gasteiger partial charge on any atom is 0.191 e. The van der Waals surface area contributed by atoms with Gasteiger partial charge in [-0.05, 0) is 33.3 Å². The molecule has 0 aliphatic heterocycles. The molecule has 0 bridgehead atoms. The van der Waals surface area contributed by atoms with Gasteiger partial charge in [0.05, 0.1) is 0 Å². The lowest BCUT2D eigenvalue weighted by atomic mass is 10.1. The molecule has 6 heteroatoms. The Balaban J connectivity index is 0.00000441. The minimum Gasteiger partial charge on any atom is -0.355 e. The number of halogens is 1. The van der Waals surface area contributed by atoms with Crippen molar-refractivity contribution in [2.45, 2.75) is 39.0 Å². The number of guanidine groups is 1. The normalized spacial score (nSPS) is 13.2. The summed E-state index contributed by atoms with van der Waals surface area (Å²) >= 11 is 0. The number of hydrogen-bond donors (Lipinski definition) is 2. The van der Waals surface area contributed by atoms with Crippen molar-refractivity contribution in [1.29, 1.82) is 0 Å². The topological polar surface area (TPSA) is 53.5 Å². The highest BCUT2D eigenvalue weighted by Crippen LogP contribution is 2.10. The van der Waals surface area contributed by atoms with E-state index in [4.69, 9.17) is 0 Å². The molecule has 0 fully saturated rings. The van der Waals surface area contributed by atoms with E-state index in [9.17, 15) is 4.21 Å². The minimum absolute atomic E-state index is 0. The highest BCUT2D eigenvalue weighted by molar-refractivity contribution is 14.0. The molecule has 0 aliphatic rings. The molecule has 0 saturated heterocycles. The maximum atomic E-state index is 12.0. The fourth-order valence-electron chi connectivity index (χ4n) is 1.68. The van der Waals surface area contributed by atoms with Gasteiger partial charge in [-0.3, -0.25) is 9.20 Å². The van der Waals surface area contributed by atoms with Gasteiger partial charge in [0.1, 0.15) is 0 Å². The fourth-order valence-corrected chi connectivity index (χ4v) is 2.58. The Morgan fingerprint density at radius 3 is 2.27 bits per heavy atom. The minimum atomic E-state index is -0.844. The molecule has 2 N–H and O–H groups in total. The molecule has 0 amide bonds. The molecule has 1 rings (SSSR count). The highest BCUT2D eigenvalue weighted by atomic mass is 127. The second-order valence-corrected chi connectivity index (χ2v) is 8.32. The molecule has 0 radical (unpaired) electrons. The van der Waals surface area contributed by atoms with Crippen LogP contribution in [0.3, 0.4) is 0 Å². The van der Waals surface area contributed by atoms with Gasteiger partial charge in [-0.2, -0.15) is 0 Å². The molecule has 126 valence electrons. The van der Waals surface area contributed by atoms with Gasteiger partial charge in [-0.15, -0.1) is 24.0 Å². The third kappa shape index (κ3) is 8.12. The SMILES string of the molecule is CN=C(NCCS(=O)C(C)(C)C)NCc1ccc(C)cc1.I. The van der Waals surface area contributed by atoms with E-state index in [1.807, 2.05) is 20.8 Å². The predicted octanol–water partition coefficient (Wildman–Crippen LogP) is 2.83. The Bertz CT molecular complexity index is 495. The van der Waals surface area contributed by atoms with E-state index in [0.29, 0.717) is 12.3 Å². The summed E-state index contributed by atoms with van der Waals surface area (Å²) in [7, 11) is 0.898. The van der Waals surface area contributed by atoms with Crippen LogP contribution in [0.2, 0.25) is 0 Å². The number of nitrogens with zero attached hydrogens (tertiary/aromatic N) is 1. The van der Waals surface area contributed by atoms with Crippen LogP contribution in [0.15, 0.2) is 29.3 Å². The van der Waals surface area contributed by atoms with E-state index < -0.39 is 10.8 Å². The van der Waals surface area contributed by atoms with Crippen LogP contribution < -0.4 is 10.6 Å². The van der Waals surface area contributed by atoms with Crippen LogP contribution in [0.25, 0.3) is 0 Å². The summed E-state index contributed by atoms with van der Waals surface area (Å²) in [6, 6.07) is 8.40. The molecular formula is C16H28IN3OS. The molecule has 1 aromatic rings. The number of nitrogens with one attached hydrogen (secondary N) is 2. The molecule has 22 heavy (non-hydrogen) atoms. The number of hydrogen-bond acceptors (Lipinski definition) is 2. The van der Waals surface area contributed by atoms with Gasteiger partial charge in [0.25, 0.3) is 0 Å². The first-order chi connectivity index (χ1) is 9.82. The van der Waals surface area contributed by atoms with E-state index in [2.05, 4.69) is 46.8 Å². The number of aryl methyl sites for hydroxylation is 1. The van der Waals surface area contributed by atoms with E-state index in [1.165, 1.54) is 11.1 Å². The van der Waals surface area contributed by atoms with Crippen LogP contribution in [0.4, 0.5) is 0 Å². The molecular weight excluding hydrogens is 409 g/mol. The van der Waals surface area contributed by atoms with E-state index in [1.54, 1.807) is 7.05 Å². The zero-order valence-corrected chi connectivity index (χ0v) is 17.2. The Labute approximate surface area is 154 Å². The molecule has 1 unspecified atom stereocenters. The van der Waals surface area contributed by atoms with Crippen molar-refractivity contribution in [1.82, 2.24) is 10.6 Å². The summed E-state index contributed by atoms with van der Waals surface area (Å²) < 4.78 is 11.8. The summed E-state index contributed by atoms with van der Waals surface area (Å²) in [4.78, 5) is 4.18. The van der Waals surface area contributed by atoms with Gasteiger partial charge in [0, 0.05) is 41.4 Å². The van der Waals surface area contributed by atoms with Gasteiger partial charge >= 0.3 is 0 Å². The third-order valence-electron chi connectivity index (χ3n) is 3.07. The maximum absolute atomic E-state index is 12.0. The summed E-state index contributed by atoms with van der Waals surface area (Å²) in [5.41, 5.74) is 2.47. The van der Waals surface area contributed by atoms with Crippen molar-refractivity contribution < 1.29 is 4.21 Å². The lowest BCUT2D eigenvalue weighted by Crippen LogP contribution is -2.40. The Hall–Kier alpha value is -0.630. The Morgan fingerprint density at radius 1 is 1.18 bits per heavy atom. The first-order valence-electron chi connectivity index (χ1n) is 7.21. The summed E-state index contributed by atoms with van der Waals surface area (Å²) in [5, 5.41) is 6.46. The largest absolute Gasteiger partial charge is 0.355 e. The first kappa shape index (κ1) is 21.4. The van der Waals surface area contributed by atoms with Gasteiger partial charge in [0.2, 0.25) is 0 Å². The molecule has 0 aliphatic carbocycles. The average Bonchev–Trinajstić information content (AvgIpc) is 2.43. The average molecular weight is 437 g/mol. The van der Waals surface area contributed by atoms with Crippen molar-refractivity contribution >= 4 is 40.7 Å². The second-order valence-electron chi connectivity index (χ2n) is 6.00. The van der Waals surface area contributed by atoms with E-state index >= 15 is 0 Å². The molecule has 0 heterocycles. The quantitative estimate of drug-likeness (QED) is 0.423. The van der Waals surface area contributed by atoms with Crippen molar-refractivity contribution in [3.8, 4) is 0 Å². The van der Waals surface area contributed by atoms with Gasteiger partial charge in [0.15, 0.2) is 5.96 Å². The van der Waals surface area contributed by atoms with Crippen LogP contribution in [-0.2, 0) is 17.3 Å². The zero-order valence-electron chi connectivity index (χ0n) is 14.1. The van der Waals surface area contributed by atoms with Crippen LogP contribution in [0.1, 0.15) is 31.9 Å². The molecule has 1 atom stereocenters. The monoisotopic (exact) mass is 437 g/mol. The zero-order chi connectivity index (χ0) is 15.9. The summed E-state index contributed by atoms with van der Waals surface area (Å²) in [5.74, 6) is 1.36. The molecule has 0 saturated carbocycles. The van der Waals surface area contributed by atoms with Crippen LogP contribution in [0.5, 0.6) is 0 Å². The predicted molar refractivity (Wildman–Crippen MR) is 108 cm³/mol. The van der Waals surface area contributed by atoms with Gasteiger partial charge < -0.3 is 10.6 Å². The Morgan fingerprint density at radius 2 is 1.77 bits per heavy atom. The standard InChI is InChI=1S/C16H27N3OS.HI/c1-13-6-8-14(9-7-13)12-19-15(17-5)18-10-11-21(20)16(2,3)4;/h6-9H,10-12H2,1-5H3,(H2,17,18,19);1H. The molecule has 1 aromatic carbocycles. The number of benzene rings is 1. The number of rotatable bonds is 5. The third-order valence-corrected chi connectivity index (χ3v) is 5.01. The van der Waals surface area contributed by atoms with Crippen molar-refractivity contribution in [3.63, 3.8) is 0 Å². The number of aliphatic imine (C=N–C) groups is 1. The van der Waals surface area contributed by atoms with Crippen LogP contribution in [-0.4, -0.2) is 34.3 Å². The lowest BCUT2D eigenvalue weighted by Gasteiger charge is -2.18. The van der Waals surface area contributed by atoms with E-state index in [-0.39, 0.29) is 28.7 Å². The summed E-state index contributed by atoms with van der Waals surface area (Å²) in [6.07, 6.45) is 0. The van der Waals surface area contributed by atoms with Gasteiger partial charge in [-0.25, -0.2) is 0 Å². The van der Waals surface area contributed by atoms with E-state index in [0.717, 1.165) is 12.5 Å². The lowest BCUT2D eigenvalue weighted by molar-refractivity contribution is 0.647. The summed E-state index contributed by atoms with van der Waals surface area (Å²) in [6.45, 7) is 9.43. The molecule has 4 nitrogen and oxygen atoms in total. The molecule has 0 spiro atoms. The highest BCUT2D eigenvalue weighted by Gasteiger charge is 2.18. The van der Waals surface area contributed by atoms with Crippen LogP contribution >= 0.6 is 24.0 Å². The van der Waals surface area contributed by atoms with Crippen molar-refractivity contribution in [3.05, 3.63) is 35.4 Å². The first-order valence-corrected chi connectivity index (χ1v) is 8.53. The van der Waals surface area contributed by atoms with Crippen molar-refractivity contribution in [2.75, 3.05) is 19.3 Å². The van der Waals surface area contributed by atoms with Crippen LogP contribution in [0, 0.1) is 6.92 Å². The fraction of sp³-hybridized carbons (Fsp3) is 0.562. The Kier molecular flexibility index (Phi) is 9.91. The van der Waals surface area contributed by atoms with Crippen molar-refractivity contribution in [2.24, 2.45) is 4.99 Å².